The van der Waals surface area contributed by atoms with Crippen molar-refractivity contribution in [1.82, 2.24) is 0 Å². The van der Waals surface area contributed by atoms with Crippen LogP contribution < -0.4 is 5.32 Å². The van der Waals surface area contributed by atoms with Crippen LogP contribution in [0.25, 0.3) is 0 Å². The van der Waals surface area contributed by atoms with Crippen molar-refractivity contribution in [3.05, 3.63) is 48.7 Å². The first kappa shape index (κ1) is 13.2. The van der Waals surface area contributed by atoms with Crippen LogP contribution in [-0.2, 0) is 0 Å². The maximum Gasteiger partial charge on any atom is 0.0578 e. The van der Waals surface area contributed by atoms with E-state index in [-0.39, 0.29) is 0 Å². The van der Waals surface area contributed by atoms with Crippen molar-refractivity contribution >= 4 is 51.2 Å². The molecule has 90 valence electrons. The van der Waals surface area contributed by atoms with Gasteiger partial charge in [-0.2, -0.15) is 0 Å². The highest BCUT2D eigenvalue weighted by Crippen LogP contribution is 2.29. The van der Waals surface area contributed by atoms with E-state index in [1.54, 1.807) is 0 Å². The minimum atomic E-state index is 0.323. The quantitative estimate of drug-likeness (QED) is 0.698. The van der Waals surface area contributed by atoms with Crippen molar-refractivity contribution in [1.29, 1.82) is 0 Å². The largest absolute Gasteiger partial charge is 0.377 e. The van der Waals surface area contributed by atoms with Gasteiger partial charge in [-0.15, -0.1) is 11.3 Å². The van der Waals surface area contributed by atoms with Crippen LogP contribution in [0.5, 0.6) is 0 Å². The molecule has 17 heavy (non-hydrogen) atoms. The molecule has 0 fully saturated rings. The fourth-order valence-electron chi connectivity index (χ4n) is 1.60. The Balaban J connectivity index is 2.15. The van der Waals surface area contributed by atoms with Crippen molar-refractivity contribution < 1.29 is 0 Å². The van der Waals surface area contributed by atoms with Gasteiger partial charge in [0.15, 0.2) is 0 Å². The molecule has 1 aromatic carbocycles. The summed E-state index contributed by atoms with van der Waals surface area (Å²) in [6, 6.07) is 10.6. The molecule has 0 spiro atoms. The molecular weight excluding hydrogens is 365 g/mol. The highest BCUT2D eigenvalue weighted by atomic mass is 127. The van der Waals surface area contributed by atoms with E-state index in [1.807, 2.05) is 29.5 Å². The van der Waals surface area contributed by atoms with E-state index in [4.69, 9.17) is 11.6 Å². The highest BCUT2D eigenvalue weighted by Gasteiger charge is 2.09. The number of thiophene rings is 1. The molecule has 0 bridgehead atoms. The molecule has 0 amide bonds. The van der Waals surface area contributed by atoms with Crippen LogP contribution in [0.3, 0.4) is 0 Å². The summed E-state index contributed by atoms with van der Waals surface area (Å²) in [7, 11) is 0. The summed E-state index contributed by atoms with van der Waals surface area (Å²) in [4.78, 5) is 2.70. The van der Waals surface area contributed by atoms with Crippen LogP contribution in [0.2, 0.25) is 5.02 Å². The van der Waals surface area contributed by atoms with Gasteiger partial charge in [-0.25, -0.2) is 0 Å². The summed E-state index contributed by atoms with van der Waals surface area (Å²) in [6.45, 7) is 4.31. The van der Waals surface area contributed by atoms with Crippen LogP contribution in [0.1, 0.15) is 22.7 Å². The summed E-state index contributed by atoms with van der Waals surface area (Å²) in [5.74, 6) is 0. The van der Waals surface area contributed by atoms with Crippen molar-refractivity contribution in [2.45, 2.75) is 19.9 Å². The number of nitrogens with one attached hydrogen (secondary N) is 1. The van der Waals surface area contributed by atoms with Gasteiger partial charge in [-0.05, 0) is 66.8 Å². The number of hydrogen-bond donors (Lipinski definition) is 1. The first-order valence-corrected chi connectivity index (χ1v) is 7.61. The number of anilines is 1. The lowest BCUT2D eigenvalue weighted by Gasteiger charge is -2.15. The van der Waals surface area contributed by atoms with Gasteiger partial charge in [0.1, 0.15) is 0 Å². The van der Waals surface area contributed by atoms with Gasteiger partial charge in [0, 0.05) is 24.0 Å². The van der Waals surface area contributed by atoms with Crippen LogP contribution in [0.15, 0.2) is 30.3 Å². The van der Waals surface area contributed by atoms with E-state index in [1.165, 1.54) is 9.75 Å². The normalized spacial score (nSPS) is 12.5. The van der Waals surface area contributed by atoms with Gasteiger partial charge >= 0.3 is 0 Å². The van der Waals surface area contributed by atoms with E-state index >= 15 is 0 Å². The Morgan fingerprint density at radius 2 is 2.06 bits per heavy atom. The third-order valence-corrected chi connectivity index (χ3v) is 4.80. The molecule has 1 atom stereocenters. The monoisotopic (exact) mass is 377 g/mol. The molecule has 1 unspecified atom stereocenters. The molecule has 0 radical (unpaired) electrons. The van der Waals surface area contributed by atoms with Gasteiger partial charge < -0.3 is 5.32 Å². The Hall–Kier alpha value is -0.260. The van der Waals surface area contributed by atoms with Crippen LogP contribution >= 0.6 is 45.5 Å². The second-order valence-corrected chi connectivity index (χ2v) is 6.86. The molecule has 1 nitrogen and oxygen atoms in total. The minimum Gasteiger partial charge on any atom is -0.377 e. The fourth-order valence-corrected chi connectivity index (χ4v) is 3.50. The lowest BCUT2D eigenvalue weighted by molar-refractivity contribution is 0.907. The summed E-state index contributed by atoms with van der Waals surface area (Å²) in [6.07, 6.45) is 0. The number of hydrogen-bond acceptors (Lipinski definition) is 2. The van der Waals surface area contributed by atoms with Crippen molar-refractivity contribution in [3.8, 4) is 0 Å². The van der Waals surface area contributed by atoms with E-state index < -0.39 is 0 Å². The summed E-state index contributed by atoms with van der Waals surface area (Å²) < 4.78 is 1.15. The predicted octanol–water partition coefficient (Wildman–Crippen LogP) is 5.49. The maximum atomic E-state index is 5.94. The number of aryl methyl sites for hydroxylation is 1. The molecule has 0 aliphatic carbocycles. The SMILES string of the molecule is Cc1ccc(C(C)Nc2ccc(Cl)cc2I)s1. The second-order valence-electron chi connectivity index (χ2n) is 3.94. The zero-order valence-electron chi connectivity index (χ0n) is 9.63. The summed E-state index contributed by atoms with van der Waals surface area (Å²) >= 11 is 10.1. The second kappa shape index (κ2) is 5.59. The molecule has 2 rings (SSSR count). The van der Waals surface area contributed by atoms with E-state index in [0.29, 0.717) is 6.04 Å². The Morgan fingerprint density at radius 3 is 2.65 bits per heavy atom. The topological polar surface area (TPSA) is 12.0 Å². The molecule has 2 aromatic rings. The fraction of sp³-hybridized carbons (Fsp3) is 0.231. The van der Waals surface area contributed by atoms with Crippen LogP contribution in [0, 0.1) is 10.5 Å². The molecule has 0 saturated heterocycles. The molecule has 0 aliphatic rings. The van der Waals surface area contributed by atoms with Gasteiger partial charge in [0.05, 0.1) is 6.04 Å². The Kier molecular flexibility index (Phi) is 4.33. The molecule has 1 heterocycles. The molecule has 1 N–H and O–H groups in total. The number of rotatable bonds is 3. The first-order chi connectivity index (χ1) is 8.06. The van der Waals surface area contributed by atoms with Gasteiger partial charge in [-0.1, -0.05) is 11.6 Å². The van der Waals surface area contributed by atoms with Gasteiger partial charge in [-0.3, -0.25) is 0 Å². The Morgan fingerprint density at radius 1 is 1.29 bits per heavy atom. The van der Waals surface area contributed by atoms with Gasteiger partial charge in [0.2, 0.25) is 0 Å². The number of halogens is 2. The standard InChI is InChI=1S/C13H13ClINS/c1-8-3-6-13(17-8)9(2)16-12-5-4-10(14)7-11(12)15/h3-7,9,16H,1-2H3. The zero-order valence-corrected chi connectivity index (χ0v) is 13.4. The first-order valence-electron chi connectivity index (χ1n) is 5.34. The lowest BCUT2D eigenvalue weighted by atomic mass is 10.2. The molecule has 4 heteroatoms. The third-order valence-electron chi connectivity index (χ3n) is 2.49. The maximum absolute atomic E-state index is 5.94. The van der Waals surface area contributed by atoms with Crippen molar-refractivity contribution in [2.75, 3.05) is 5.32 Å². The summed E-state index contributed by atoms with van der Waals surface area (Å²) in [5, 5.41) is 4.29. The number of benzene rings is 1. The summed E-state index contributed by atoms with van der Waals surface area (Å²) in [5.41, 5.74) is 1.13. The van der Waals surface area contributed by atoms with E-state index in [0.717, 1.165) is 14.3 Å². The van der Waals surface area contributed by atoms with E-state index in [9.17, 15) is 0 Å². The predicted molar refractivity (Wildman–Crippen MR) is 85.3 cm³/mol. The molecule has 1 aromatic heterocycles. The van der Waals surface area contributed by atoms with Crippen molar-refractivity contribution in [2.24, 2.45) is 0 Å². The average molecular weight is 378 g/mol. The average Bonchev–Trinajstić information content (AvgIpc) is 2.69. The molecule has 0 aliphatic heterocycles. The van der Waals surface area contributed by atoms with Gasteiger partial charge in [0.25, 0.3) is 0 Å². The van der Waals surface area contributed by atoms with Crippen LogP contribution in [0.4, 0.5) is 5.69 Å². The van der Waals surface area contributed by atoms with Crippen LogP contribution in [-0.4, -0.2) is 0 Å². The zero-order chi connectivity index (χ0) is 12.4. The lowest BCUT2D eigenvalue weighted by Crippen LogP contribution is -2.05. The minimum absolute atomic E-state index is 0.323. The molecular formula is C13H13ClINS. The highest BCUT2D eigenvalue weighted by molar-refractivity contribution is 14.1. The van der Waals surface area contributed by atoms with E-state index in [2.05, 4.69) is 53.9 Å². The van der Waals surface area contributed by atoms with Crippen molar-refractivity contribution in [3.63, 3.8) is 0 Å². The Bertz CT molecular complexity index is 524. The Labute approximate surface area is 124 Å². The third kappa shape index (κ3) is 3.36. The molecule has 0 saturated carbocycles. The smallest absolute Gasteiger partial charge is 0.0578 e.